The van der Waals surface area contributed by atoms with Crippen molar-refractivity contribution >= 4 is 56.3 Å². The summed E-state index contributed by atoms with van der Waals surface area (Å²) in [4.78, 5) is 27.7. The number of anilines is 1. The van der Waals surface area contributed by atoms with Gasteiger partial charge in [0, 0.05) is 26.2 Å². The van der Waals surface area contributed by atoms with Crippen molar-refractivity contribution in [1.29, 1.82) is 0 Å². The first kappa shape index (κ1) is 23.1. The van der Waals surface area contributed by atoms with E-state index in [9.17, 15) is 4.79 Å². The molecule has 1 aliphatic heterocycles. The van der Waals surface area contributed by atoms with E-state index in [1.165, 1.54) is 22.5 Å². The lowest BCUT2D eigenvalue weighted by Gasteiger charge is -2.29. The Morgan fingerprint density at radius 1 is 1.13 bits per heavy atom. The molecule has 1 aromatic carbocycles. The SMILES string of the molecule is Cc1nc(C)c(C(=O)N(CCN2CCOCC2)c2nc3c(C)c(C)ccc3s2)s1.Cl. The van der Waals surface area contributed by atoms with Gasteiger partial charge in [-0.2, -0.15) is 0 Å². The molecule has 0 N–H and O–H groups in total. The maximum absolute atomic E-state index is 13.5. The van der Waals surface area contributed by atoms with Crippen LogP contribution >= 0.6 is 35.1 Å². The minimum atomic E-state index is -0.00482. The molecule has 1 saturated heterocycles. The number of benzene rings is 1. The maximum atomic E-state index is 13.5. The minimum Gasteiger partial charge on any atom is -0.379 e. The molecule has 0 spiro atoms. The Labute approximate surface area is 191 Å². The van der Waals surface area contributed by atoms with Crippen LogP contribution in [-0.4, -0.2) is 60.2 Å². The standard InChI is InChI=1S/C21H26N4O2S2.ClH/c1-13-5-6-17-18(14(13)2)23-21(29-17)25(8-7-24-9-11-27-12-10-24)20(26)19-15(3)22-16(4)28-19;/h5-6H,7-12H2,1-4H3;1H. The molecule has 2 aromatic heterocycles. The van der Waals surface area contributed by atoms with Gasteiger partial charge in [0.25, 0.3) is 5.91 Å². The molecule has 30 heavy (non-hydrogen) atoms. The number of amides is 1. The lowest BCUT2D eigenvalue weighted by molar-refractivity contribution is 0.0391. The number of rotatable bonds is 5. The highest BCUT2D eigenvalue weighted by molar-refractivity contribution is 7.22. The van der Waals surface area contributed by atoms with Crippen LogP contribution in [-0.2, 0) is 4.74 Å². The van der Waals surface area contributed by atoms with Gasteiger partial charge in [-0.25, -0.2) is 9.97 Å². The van der Waals surface area contributed by atoms with Gasteiger partial charge < -0.3 is 4.74 Å². The maximum Gasteiger partial charge on any atom is 0.272 e. The molecule has 0 unspecified atom stereocenters. The van der Waals surface area contributed by atoms with E-state index in [0.29, 0.717) is 11.4 Å². The Bertz CT molecular complexity index is 1040. The molecule has 3 aromatic rings. The molecule has 162 valence electrons. The molecule has 1 amide bonds. The van der Waals surface area contributed by atoms with Gasteiger partial charge in [-0.05, 0) is 44.9 Å². The zero-order valence-corrected chi connectivity index (χ0v) is 20.2. The fraction of sp³-hybridized carbons (Fsp3) is 0.476. The van der Waals surface area contributed by atoms with Crippen LogP contribution in [0.3, 0.4) is 0 Å². The zero-order valence-electron chi connectivity index (χ0n) is 17.7. The van der Waals surface area contributed by atoms with Gasteiger partial charge in [0.15, 0.2) is 5.13 Å². The number of carbonyl (C=O) groups excluding carboxylic acids is 1. The second-order valence-corrected chi connectivity index (χ2v) is 9.62. The van der Waals surface area contributed by atoms with Crippen molar-refractivity contribution < 1.29 is 9.53 Å². The molecule has 6 nitrogen and oxygen atoms in total. The molecule has 0 bridgehead atoms. The average molecular weight is 467 g/mol. The van der Waals surface area contributed by atoms with E-state index in [4.69, 9.17) is 9.72 Å². The van der Waals surface area contributed by atoms with E-state index >= 15 is 0 Å². The predicted molar refractivity (Wildman–Crippen MR) is 127 cm³/mol. The Morgan fingerprint density at radius 2 is 1.87 bits per heavy atom. The molecule has 0 radical (unpaired) electrons. The number of carbonyl (C=O) groups is 1. The van der Waals surface area contributed by atoms with Crippen LogP contribution in [0, 0.1) is 27.7 Å². The van der Waals surface area contributed by atoms with E-state index in [2.05, 4.69) is 35.9 Å². The molecule has 9 heteroatoms. The lowest BCUT2D eigenvalue weighted by Crippen LogP contribution is -2.43. The molecule has 3 heterocycles. The summed E-state index contributed by atoms with van der Waals surface area (Å²) in [6.07, 6.45) is 0. The first-order chi connectivity index (χ1) is 13.9. The van der Waals surface area contributed by atoms with E-state index in [0.717, 1.165) is 58.9 Å². The molecule has 1 fully saturated rings. The third-order valence-electron chi connectivity index (χ3n) is 5.39. The van der Waals surface area contributed by atoms with Crippen LogP contribution in [0.25, 0.3) is 10.2 Å². The third kappa shape index (κ3) is 4.68. The van der Waals surface area contributed by atoms with Crippen LogP contribution < -0.4 is 4.90 Å². The summed E-state index contributed by atoms with van der Waals surface area (Å²) >= 11 is 3.05. The van der Waals surface area contributed by atoms with E-state index < -0.39 is 0 Å². The molecule has 0 atom stereocenters. The Hall–Kier alpha value is -1.58. The topological polar surface area (TPSA) is 58.6 Å². The number of aromatic nitrogens is 2. The van der Waals surface area contributed by atoms with Gasteiger partial charge >= 0.3 is 0 Å². The largest absolute Gasteiger partial charge is 0.379 e. The lowest BCUT2D eigenvalue weighted by atomic mass is 10.1. The van der Waals surface area contributed by atoms with Gasteiger partial charge in [-0.1, -0.05) is 17.4 Å². The van der Waals surface area contributed by atoms with Gasteiger partial charge in [-0.15, -0.1) is 23.7 Å². The smallest absolute Gasteiger partial charge is 0.272 e. The van der Waals surface area contributed by atoms with Gasteiger partial charge in [0.2, 0.25) is 0 Å². The number of thiazole rings is 2. The highest BCUT2D eigenvalue weighted by Crippen LogP contribution is 2.33. The van der Waals surface area contributed by atoms with Crippen molar-refractivity contribution in [2.24, 2.45) is 0 Å². The van der Waals surface area contributed by atoms with Gasteiger partial charge in [-0.3, -0.25) is 14.6 Å². The summed E-state index contributed by atoms with van der Waals surface area (Å²) in [5, 5.41) is 1.67. The number of nitrogens with zero attached hydrogens (tertiary/aromatic N) is 4. The summed E-state index contributed by atoms with van der Waals surface area (Å²) in [6, 6.07) is 4.22. The van der Waals surface area contributed by atoms with Crippen LogP contribution in [0.2, 0.25) is 0 Å². The summed E-state index contributed by atoms with van der Waals surface area (Å²) < 4.78 is 6.57. The second-order valence-electron chi connectivity index (χ2n) is 7.41. The van der Waals surface area contributed by atoms with Gasteiger partial charge in [0.1, 0.15) is 4.88 Å². The third-order valence-corrected chi connectivity index (χ3v) is 7.50. The fourth-order valence-corrected chi connectivity index (χ4v) is 5.45. The summed E-state index contributed by atoms with van der Waals surface area (Å²) in [5.74, 6) is -0.00482. The zero-order chi connectivity index (χ0) is 20.5. The van der Waals surface area contributed by atoms with Crippen molar-refractivity contribution in [3.05, 3.63) is 38.8 Å². The highest BCUT2D eigenvalue weighted by Gasteiger charge is 2.26. The van der Waals surface area contributed by atoms with Crippen LogP contribution in [0.4, 0.5) is 5.13 Å². The molecule has 0 aliphatic carbocycles. The van der Waals surface area contributed by atoms with E-state index in [1.807, 2.05) is 18.7 Å². The molecular formula is C21H27ClN4O2S2. The quantitative estimate of drug-likeness (QED) is 0.558. The monoisotopic (exact) mass is 466 g/mol. The fourth-order valence-electron chi connectivity index (χ4n) is 3.53. The predicted octanol–water partition coefficient (Wildman–Crippen LogP) is 4.39. The summed E-state index contributed by atoms with van der Waals surface area (Å²) in [5.41, 5.74) is 4.18. The normalized spacial score (nSPS) is 14.7. The highest BCUT2D eigenvalue weighted by atomic mass is 35.5. The molecular weight excluding hydrogens is 440 g/mol. The number of hydrogen-bond donors (Lipinski definition) is 0. The first-order valence-corrected chi connectivity index (χ1v) is 11.5. The molecule has 0 saturated carbocycles. The number of ether oxygens (including phenoxy) is 1. The average Bonchev–Trinajstić information content (AvgIpc) is 3.29. The molecule has 4 rings (SSSR count). The number of halogens is 1. The number of morpholine rings is 1. The Balaban J connectivity index is 0.00000256. The van der Waals surface area contributed by atoms with Crippen LogP contribution in [0.1, 0.15) is 31.5 Å². The van der Waals surface area contributed by atoms with Crippen LogP contribution in [0.15, 0.2) is 12.1 Å². The number of aryl methyl sites for hydroxylation is 4. The minimum absolute atomic E-state index is 0. The van der Waals surface area contributed by atoms with Crippen molar-refractivity contribution in [3.8, 4) is 0 Å². The number of fused-ring (bicyclic) bond motifs is 1. The first-order valence-electron chi connectivity index (χ1n) is 9.87. The Kier molecular flexibility index (Phi) is 7.47. The van der Waals surface area contributed by atoms with Crippen LogP contribution in [0.5, 0.6) is 0 Å². The van der Waals surface area contributed by atoms with Gasteiger partial charge in [0.05, 0.1) is 34.1 Å². The van der Waals surface area contributed by atoms with Crippen molar-refractivity contribution in [3.63, 3.8) is 0 Å². The van der Waals surface area contributed by atoms with E-state index in [-0.39, 0.29) is 18.3 Å². The van der Waals surface area contributed by atoms with Crippen molar-refractivity contribution in [2.45, 2.75) is 27.7 Å². The van der Waals surface area contributed by atoms with Crippen molar-refractivity contribution in [2.75, 3.05) is 44.3 Å². The molecule has 1 aliphatic rings. The second kappa shape index (κ2) is 9.70. The summed E-state index contributed by atoms with van der Waals surface area (Å²) in [6.45, 7) is 12.8. The van der Waals surface area contributed by atoms with Crippen molar-refractivity contribution in [1.82, 2.24) is 14.9 Å². The number of hydrogen-bond acceptors (Lipinski definition) is 7. The Morgan fingerprint density at radius 3 is 2.53 bits per heavy atom. The van der Waals surface area contributed by atoms with E-state index in [1.54, 1.807) is 11.3 Å². The summed E-state index contributed by atoms with van der Waals surface area (Å²) in [7, 11) is 0.